The predicted molar refractivity (Wildman–Crippen MR) is 126 cm³/mol. The fourth-order valence-electron chi connectivity index (χ4n) is 4.15. The third-order valence-corrected chi connectivity index (χ3v) is 5.92. The normalized spacial score (nSPS) is 13.4. The summed E-state index contributed by atoms with van der Waals surface area (Å²) in [5, 5.41) is 7.46. The Labute approximate surface area is 189 Å². The maximum atomic E-state index is 12.8. The first-order valence-corrected chi connectivity index (χ1v) is 11.3. The van der Waals surface area contributed by atoms with Gasteiger partial charge in [0, 0.05) is 36.5 Å². The van der Waals surface area contributed by atoms with E-state index < -0.39 is 0 Å². The summed E-state index contributed by atoms with van der Waals surface area (Å²) < 4.78 is 1.94. The number of benzene rings is 2. The molecule has 166 valence electrons. The molecule has 1 N–H and O–H groups in total. The quantitative estimate of drug-likeness (QED) is 0.606. The van der Waals surface area contributed by atoms with Crippen molar-refractivity contribution in [1.82, 2.24) is 14.7 Å². The Kier molecular flexibility index (Phi) is 6.69. The molecule has 2 amide bonds. The van der Waals surface area contributed by atoms with E-state index in [4.69, 9.17) is 0 Å². The Morgan fingerprint density at radius 2 is 1.72 bits per heavy atom. The highest BCUT2D eigenvalue weighted by Gasteiger charge is 2.17. The molecular weight excluding hydrogens is 400 g/mol. The Morgan fingerprint density at radius 3 is 2.41 bits per heavy atom. The molecule has 6 nitrogen and oxygen atoms in total. The monoisotopic (exact) mass is 430 g/mol. The molecule has 32 heavy (non-hydrogen) atoms. The molecule has 3 aromatic rings. The maximum Gasteiger partial charge on any atom is 0.255 e. The minimum Gasteiger partial charge on any atom is -0.343 e. The van der Waals surface area contributed by atoms with Gasteiger partial charge >= 0.3 is 0 Å². The second-order valence-corrected chi connectivity index (χ2v) is 8.52. The van der Waals surface area contributed by atoms with Crippen LogP contribution in [-0.2, 0) is 17.8 Å². The predicted octanol–water partition coefficient (Wildman–Crippen LogP) is 4.36. The molecule has 4 rings (SSSR count). The number of hydrogen-bond donors (Lipinski definition) is 1. The number of nitrogens with zero attached hydrogens (tertiary/aromatic N) is 3. The van der Waals surface area contributed by atoms with Crippen LogP contribution in [0.25, 0.3) is 0 Å². The number of carbonyl (C=O) groups is 2. The van der Waals surface area contributed by atoms with Gasteiger partial charge < -0.3 is 10.2 Å². The molecule has 2 aromatic carbocycles. The number of anilines is 1. The average molecular weight is 431 g/mol. The summed E-state index contributed by atoms with van der Waals surface area (Å²) in [6.45, 7) is 6.43. The molecule has 0 aliphatic carbocycles. The van der Waals surface area contributed by atoms with Gasteiger partial charge in [-0.3, -0.25) is 14.3 Å². The summed E-state index contributed by atoms with van der Waals surface area (Å²) in [5.41, 5.74) is 5.57. The van der Waals surface area contributed by atoms with Crippen LogP contribution in [-0.4, -0.2) is 39.6 Å². The van der Waals surface area contributed by atoms with Gasteiger partial charge in [0.05, 0.1) is 12.2 Å². The van der Waals surface area contributed by atoms with Gasteiger partial charge in [-0.05, 0) is 74.6 Å². The van der Waals surface area contributed by atoms with Crippen LogP contribution < -0.4 is 5.32 Å². The topological polar surface area (TPSA) is 67.2 Å². The van der Waals surface area contributed by atoms with Crippen LogP contribution in [0.5, 0.6) is 0 Å². The number of rotatable bonds is 7. The summed E-state index contributed by atoms with van der Waals surface area (Å²) >= 11 is 0. The lowest BCUT2D eigenvalue weighted by Gasteiger charge is -2.15. The standard InChI is InChI=1S/C26H30N4O2/c1-19-16-20(2)30(28-19)18-22-6-5-7-23(17-22)26(32)27-24-11-8-21(9-12-24)10-13-25(31)29-14-3-4-15-29/h5-9,11-12,16-17H,3-4,10,13-15,18H2,1-2H3,(H,27,32). The van der Waals surface area contributed by atoms with Gasteiger partial charge in [-0.25, -0.2) is 0 Å². The van der Waals surface area contributed by atoms with Crippen molar-refractivity contribution < 1.29 is 9.59 Å². The van der Waals surface area contributed by atoms with Gasteiger partial charge in [0.25, 0.3) is 5.91 Å². The largest absolute Gasteiger partial charge is 0.343 e. The highest BCUT2D eigenvalue weighted by Crippen LogP contribution is 2.16. The van der Waals surface area contributed by atoms with Crippen molar-refractivity contribution in [3.8, 4) is 0 Å². The van der Waals surface area contributed by atoms with Crippen LogP contribution in [0.3, 0.4) is 0 Å². The lowest BCUT2D eigenvalue weighted by atomic mass is 10.1. The molecule has 0 bridgehead atoms. The van der Waals surface area contributed by atoms with Crippen LogP contribution in [0.4, 0.5) is 5.69 Å². The van der Waals surface area contributed by atoms with E-state index >= 15 is 0 Å². The zero-order chi connectivity index (χ0) is 22.5. The first-order valence-electron chi connectivity index (χ1n) is 11.3. The summed E-state index contributed by atoms with van der Waals surface area (Å²) in [4.78, 5) is 26.9. The molecule has 0 unspecified atom stereocenters. The van der Waals surface area contributed by atoms with Crippen molar-refractivity contribution in [2.75, 3.05) is 18.4 Å². The highest BCUT2D eigenvalue weighted by atomic mass is 16.2. The fourth-order valence-corrected chi connectivity index (χ4v) is 4.15. The lowest BCUT2D eigenvalue weighted by Crippen LogP contribution is -2.27. The lowest BCUT2D eigenvalue weighted by molar-refractivity contribution is -0.130. The molecule has 0 radical (unpaired) electrons. The van der Waals surface area contributed by atoms with Crippen molar-refractivity contribution >= 4 is 17.5 Å². The summed E-state index contributed by atoms with van der Waals surface area (Å²) in [5.74, 6) is 0.0948. The van der Waals surface area contributed by atoms with Gasteiger partial charge in [-0.1, -0.05) is 24.3 Å². The second kappa shape index (κ2) is 9.81. The number of likely N-dealkylation sites (tertiary alicyclic amines) is 1. The van der Waals surface area contributed by atoms with Gasteiger partial charge in [-0.15, -0.1) is 0 Å². The Morgan fingerprint density at radius 1 is 0.969 bits per heavy atom. The molecule has 1 fully saturated rings. The summed E-state index contributed by atoms with van der Waals surface area (Å²) in [6.07, 6.45) is 3.49. The van der Waals surface area contributed by atoms with E-state index in [1.807, 2.05) is 78.0 Å². The zero-order valence-corrected chi connectivity index (χ0v) is 18.8. The molecule has 1 saturated heterocycles. The van der Waals surface area contributed by atoms with E-state index in [-0.39, 0.29) is 11.8 Å². The molecule has 0 spiro atoms. The van der Waals surface area contributed by atoms with Crippen molar-refractivity contribution in [2.45, 2.75) is 46.1 Å². The van der Waals surface area contributed by atoms with Crippen molar-refractivity contribution in [3.63, 3.8) is 0 Å². The Balaban J connectivity index is 1.33. The molecular formula is C26H30N4O2. The minimum absolute atomic E-state index is 0.142. The number of hydrogen-bond acceptors (Lipinski definition) is 3. The highest BCUT2D eigenvalue weighted by molar-refractivity contribution is 6.04. The number of carbonyl (C=O) groups excluding carboxylic acids is 2. The molecule has 6 heteroatoms. The van der Waals surface area contributed by atoms with Gasteiger partial charge in [-0.2, -0.15) is 5.10 Å². The molecule has 2 heterocycles. The van der Waals surface area contributed by atoms with Gasteiger partial charge in [0.15, 0.2) is 0 Å². The van der Waals surface area contributed by atoms with Crippen LogP contribution in [0.2, 0.25) is 0 Å². The zero-order valence-electron chi connectivity index (χ0n) is 18.8. The van der Waals surface area contributed by atoms with Crippen molar-refractivity contribution in [3.05, 3.63) is 82.7 Å². The molecule has 1 aliphatic rings. The molecule has 1 aliphatic heterocycles. The third kappa shape index (κ3) is 5.44. The Hall–Kier alpha value is -3.41. The Bertz CT molecular complexity index is 1100. The SMILES string of the molecule is Cc1cc(C)n(Cc2cccc(C(=O)Nc3ccc(CCC(=O)N4CCCC4)cc3)c2)n1. The van der Waals surface area contributed by atoms with E-state index in [1.165, 1.54) is 0 Å². The molecule has 0 saturated carbocycles. The smallest absolute Gasteiger partial charge is 0.255 e. The molecule has 0 atom stereocenters. The first kappa shape index (κ1) is 21.8. The minimum atomic E-state index is -0.142. The molecule has 1 aromatic heterocycles. The van der Waals surface area contributed by atoms with Crippen molar-refractivity contribution in [2.24, 2.45) is 0 Å². The van der Waals surface area contributed by atoms with Gasteiger partial charge in [0.1, 0.15) is 0 Å². The van der Waals surface area contributed by atoms with Crippen molar-refractivity contribution in [1.29, 1.82) is 0 Å². The fraction of sp³-hybridized carbons (Fsp3) is 0.346. The average Bonchev–Trinajstić information content (AvgIpc) is 3.43. The van der Waals surface area contributed by atoms with E-state index in [0.29, 0.717) is 18.5 Å². The van der Waals surface area contributed by atoms with E-state index in [1.54, 1.807) is 0 Å². The number of aromatic nitrogens is 2. The van der Waals surface area contributed by atoms with E-state index in [9.17, 15) is 9.59 Å². The second-order valence-electron chi connectivity index (χ2n) is 8.52. The summed E-state index contributed by atoms with van der Waals surface area (Å²) in [7, 11) is 0. The number of amides is 2. The van der Waals surface area contributed by atoms with Crippen LogP contribution in [0.15, 0.2) is 54.6 Å². The first-order chi connectivity index (χ1) is 15.5. The van der Waals surface area contributed by atoms with E-state index in [2.05, 4.69) is 10.4 Å². The van der Waals surface area contributed by atoms with Crippen LogP contribution in [0.1, 0.15) is 52.1 Å². The van der Waals surface area contributed by atoms with E-state index in [0.717, 1.165) is 60.6 Å². The third-order valence-electron chi connectivity index (χ3n) is 5.92. The number of nitrogens with one attached hydrogen (secondary N) is 1. The summed E-state index contributed by atoms with van der Waals surface area (Å²) in [6, 6.07) is 17.4. The van der Waals surface area contributed by atoms with Gasteiger partial charge in [0.2, 0.25) is 5.91 Å². The number of aryl methyl sites for hydroxylation is 3. The van der Waals surface area contributed by atoms with Crippen LogP contribution in [0, 0.1) is 13.8 Å². The maximum absolute atomic E-state index is 12.8. The van der Waals surface area contributed by atoms with Crippen LogP contribution >= 0.6 is 0 Å².